The molecule has 7 nitrogen and oxygen atoms in total. The number of likely N-dealkylation sites (N-methyl/N-ethyl adjacent to an activating group) is 1. The zero-order chi connectivity index (χ0) is 22.8. The van der Waals surface area contributed by atoms with Gasteiger partial charge in [0.2, 0.25) is 11.8 Å². The number of nitrogens with zero attached hydrogens (tertiary/aromatic N) is 4. The maximum atomic E-state index is 13.3. The van der Waals surface area contributed by atoms with Crippen LogP contribution in [-0.2, 0) is 9.59 Å². The van der Waals surface area contributed by atoms with E-state index >= 15 is 0 Å². The Morgan fingerprint density at radius 3 is 2.00 bits per heavy atom. The summed E-state index contributed by atoms with van der Waals surface area (Å²) in [7, 11) is 2.07. The molecule has 3 aliphatic heterocycles. The highest BCUT2D eigenvalue weighted by Gasteiger charge is 2.39. The largest absolute Gasteiger partial charge is 0.341 e. The molecule has 0 aromatic heterocycles. The van der Waals surface area contributed by atoms with Gasteiger partial charge in [-0.3, -0.25) is 14.4 Å². The number of likely N-dealkylation sites (tertiary alicyclic amines) is 2. The van der Waals surface area contributed by atoms with Crippen LogP contribution < -0.4 is 0 Å². The van der Waals surface area contributed by atoms with E-state index in [1.165, 1.54) is 0 Å². The third-order valence-electron chi connectivity index (χ3n) is 6.88. The number of halogens is 2. The highest BCUT2D eigenvalue weighted by Crippen LogP contribution is 2.27. The first-order valence-electron chi connectivity index (χ1n) is 11.4. The van der Waals surface area contributed by atoms with E-state index in [2.05, 4.69) is 11.9 Å². The number of carbonyl (C=O) groups is 3. The summed E-state index contributed by atoms with van der Waals surface area (Å²) >= 11 is 12.1. The molecule has 3 heterocycles. The molecule has 0 aliphatic carbocycles. The maximum Gasteiger partial charge on any atom is 0.254 e. The van der Waals surface area contributed by atoms with Gasteiger partial charge in [-0.2, -0.15) is 0 Å². The van der Waals surface area contributed by atoms with Gasteiger partial charge in [0.1, 0.15) is 6.04 Å². The summed E-state index contributed by atoms with van der Waals surface area (Å²) in [5.74, 6) is -0.0297. The fraction of sp³-hybridized carbons (Fsp3) is 0.609. The van der Waals surface area contributed by atoms with Crippen LogP contribution in [0.2, 0.25) is 10.0 Å². The van der Waals surface area contributed by atoms with Crippen LogP contribution in [0.1, 0.15) is 36.0 Å². The molecule has 1 unspecified atom stereocenters. The first kappa shape index (κ1) is 23.3. The van der Waals surface area contributed by atoms with Crippen molar-refractivity contribution < 1.29 is 14.4 Å². The summed E-state index contributed by atoms with van der Waals surface area (Å²) in [6, 6.07) is 4.29. The molecular weight excluding hydrogens is 451 g/mol. The van der Waals surface area contributed by atoms with Crippen LogP contribution in [0.25, 0.3) is 0 Å². The Labute approximate surface area is 199 Å². The Hall–Kier alpha value is -1.83. The van der Waals surface area contributed by atoms with Crippen molar-refractivity contribution in [1.29, 1.82) is 0 Å². The monoisotopic (exact) mass is 480 g/mol. The van der Waals surface area contributed by atoms with E-state index < -0.39 is 6.04 Å². The molecule has 9 heteroatoms. The topological polar surface area (TPSA) is 64.2 Å². The second-order valence-corrected chi connectivity index (χ2v) is 9.92. The number of carbonyl (C=O) groups excluding carboxylic acids is 3. The van der Waals surface area contributed by atoms with Crippen molar-refractivity contribution in [2.45, 2.75) is 31.7 Å². The Bertz CT molecular complexity index is 860. The third-order valence-corrected chi connectivity index (χ3v) is 7.32. The van der Waals surface area contributed by atoms with Gasteiger partial charge in [0.15, 0.2) is 0 Å². The number of amides is 3. The van der Waals surface area contributed by atoms with Gasteiger partial charge in [-0.1, -0.05) is 23.2 Å². The van der Waals surface area contributed by atoms with Crippen LogP contribution in [0.5, 0.6) is 0 Å². The molecule has 3 aliphatic rings. The lowest BCUT2D eigenvalue weighted by Crippen LogP contribution is -2.53. The van der Waals surface area contributed by atoms with E-state index in [9.17, 15) is 14.4 Å². The number of rotatable bonds is 3. The number of benzene rings is 1. The molecule has 1 aromatic carbocycles. The smallest absolute Gasteiger partial charge is 0.254 e. The molecule has 0 saturated carbocycles. The average molecular weight is 481 g/mol. The van der Waals surface area contributed by atoms with Crippen LogP contribution in [0.4, 0.5) is 0 Å². The van der Waals surface area contributed by atoms with Gasteiger partial charge in [0.05, 0.1) is 0 Å². The van der Waals surface area contributed by atoms with Crippen LogP contribution in [0.15, 0.2) is 18.2 Å². The molecule has 3 amide bonds. The minimum Gasteiger partial charge on any atom is -0.341 e. The first-order chi connectivity index (χ1) is 15.3. The van der Waals surface area contributed by atoms with Crippen molar-refractivity contribution >= 4 is 40.9 Å². The third kappa shape index (κ3) is 5.05. The number of hydrogen-bond acceptors (Lipinski definition) is 4. The van der Waals surface area contributed by atoms with E-state index in [0.29, 0.717) is 54.5 Å². The van der Waals surface area contributed by atoms with E-state index in [1.807, 2.05) is 9.80 Å². The van der Waals surface area contributed by atoms with E-state index in [0.717, 1.165) is 32.6 Å². The van der Waals surface area contributed by atoms with Crippen molar-refractivity contribution in [3.63, 3.8) is 0 Å². The van der Waals surface area contributed by atoms with Gasteiger partial charge in [-0.05, 0) is 50.9 Å². The fourth-order valence-electron chi connectivity index (χ4n) is 4.95. The zero-order valence-electron chi connectivity index (χ0n) is 18.4. The lowest BCUT2D eigenvalue weighted by Gasteiger charge is -2.38. The van der Waals surface area contributed by atoms with Crippen molar-refractivity contribution in [3.05, 3.63) is 33.8 Å². The highest BCUT2D eigenvalue weighted by atomic mass is 35.5. The second-order valence-electron chi connectivity index (χ2n) is 9.04. The molecule has 1 atom stereocenters. The van der Waals surface area contributed by atoms with E-state index in [-0.39, 0.29) is 23.6 Å². The lowest BCUT2D eigenvalue weighted by molar-refractivity contribution is -0.143. The average Bonchev–Trinajstić information content (AvgIpc) is 3.27. The molecule has 174 valence electrons. The highest BCUT2D eigenvalue weighted by molar-refractivity contribution is 6.35. The van der Waals surface area contributed by atoms with Gasteiger partial charge in [-0.15, -0.1) is 0 Å². The van der Waals surface area contributed by atoms with Gasteiger partial charge >= 0.3 is 0 Å². The van der Waals surface area contributed by atoms with Gasteiger partial charge in [0.25, 0.3) is 5.91 Å². The standard InChI is InChI=1S/C23H30Cl2N4O3/c1-26-9-11-28(12-10-26)21(30)16-4-7-27(8-5-16)23(32)20-3-2-6-29(20)22(31)17-13-18(24)15-19(25)14-17/h13-16,20H,2-12H2,1H3. The van der Waals surface area contributed by atoms with Gasteiger partial charge in [-0.25, -0.2) is 0 Å². The number of piperazine rings is 1. The number of piperidine rings is 1. The quantitative estimate of drug-likeness (QED) is 0.666. The van der Waals surface area contributed by atoms with Gasteiger partial charge < -0.3 is 19.6 Å². The Morgan fingerprint density at radius 2 is 1.38 bits per heavy atom. The molecule has 0 bridgehead atoms. The SMILES string of the molecule is CN1CCN(C(=O)C2CCN(C(=O)C3CCCN3C(=O)c3cc(Cl)cc(Cl)c3)CC2)CC1. The first-order valence-corrected chi connectivity index (χ1v) is 12.1. The molecule has 3 fully saturated rings. The Balaban J connectivity index is 1.35. The van der Waals surface area contributed by atoms with Crippen molar-refractivity contribution in [1.82, 2.24) is 19.6 Å². The summed E-state index contributed by atoms with van der Waals surface area (Å²) in [6.07, 6.45) is 2.80. The minimum absolute atomic E-state index is 0.0163. The fourth-order valence-corrected chi connectivity index (χ4v) is 5.48. The second kappa shape index (κ2) is 9.98. The predicted molar refractivity (Wildman–Crippen MR) is 124 cm³/mol. The summed E-state index contributed by atoms with van der Waals surface area (Å²) in [5.41, 5.74) is 0.402. The molecule has 0 N–H and O–H groups in total. The predicted octanol–water partition coefficient (Wildman–Crippen LogP) is 2.61. The minimum atomic E-state index is -0.467. The number of hydrogen-bond donors (Lipinski definition) is 0. The zero-order valence-corrected chi connectivity index (χ0v) is 19.9. The Kier molecular flexibility index (Phi) is 7.27. The van der Waals surface area contributed by atoms with E-state index in [1.54, 1.807) is 23.1 Å². The summed E-state index contributed by atoms with van der Waals surface area (Å²) < 4.78 is 0. The molecule has 0 radical (unpaired) electrons. The van der Waals surface area contributed by atoms with Crippen molar-refractivity contribution in [2.75, 3.05) is 52.9 Å². The van der Waals surface area contributed by atoms with Crippen LogP contribution in [-0.4, -0.2) is 96.2 Å². The molecule has 4 rings (SSSR count). The Morgan fingerprint density at radius 1 is 0.781 bits per heavy atom. The van der Waals surface area contributed by atoms with Crippen LogP contribution in [0.3, 0.4) is 0 Å². The summed E-state index contributed by atoms with van der Waals surface area (Å²) in [4.78, 5) is 46.9. The molecule has 0 spiro atoms. The normalized spacial score (nSPS) is 23.0. The molecule has 32 heavy (non-hydrogen) atoms. The van der Waals surface area contributed by atoms with E-state index in [4.69, 9.17) is 23.2 Å². The molecular formula is C23H30Cl2N4O3. The summed E-state index contributed by atoms with van der Waals surface area (Å²) in [5, 5.41) is 0.796. The van der Waals surface area contributed by atoms with Crippen molar-refractivity contribution in [3.8, 4) is 0 Å². The van der Waals surface area contributed by atoms with Crippen LogP contribution >= 0.6 is 23.2 Å². The molecule has 1 aromatic rings. The maximum absolute atomic E-state index is 13.3. The van der Waals surface area contributed by atoms with Crippen LogP contribution in [0, 0.1) is 5.92 Å². The lowest BCUT2D eigenvalue weighted by atomic mass is 9.94. The molecule has 3 saturated heterocycles. The summed E-state index contributed by atoms with van der Waals surface area (Å²) in [6.45, 7) is 5.04. The van der Waals surface area contributed by atoms with Crippen molar-refractivity contribution in [2.24, 2.45) is 5.92 Å². The van der Waals surface area contributed by atoms with Gasteiger partial charge in [0, 0.05) is 67.3 Å².